The Bertz CT molecular complexity index is 992. The van der Waals surface area contributed by atoms with Gasteiger partial charge in [0.25, 0.3) is 0 Å². The summed E-state index contributed by atoms with van der Waals surface area (Å²) in [6.07, 6.45) is 1.08. The van der Waals surface area contributed by atoms with Gasteiger partial charge in [0.1, 0.15) is 22.8 Å². The highest BCUT2D eigenvalue weighted by Crippen LogP contribution is 2.34. The van der Waals surface area contributed by atoms with Crippen molar-refractivity contribution in [3.8, 4) is 11.6 Å². The lowest BCUT2D eigenvalue weighted by Gasteiger charge is -2.16. The third-order valence-corrected chi connectivity index (χ3v) is 5.44. The van der Waals surface area contributed by atoms with Crippen molar-refractivity contribution in [3.05, 3.63) is 34.5 Å². The van der Waals surface area contributed by atoms with Gasteiger partial charge in [-0.25, -0.2) is 13.1 Å². The largest absolute Gasteiger partial charge is 0.493 e. The van der Waals surface area contributed by atoms with Crippen LogP contribution in [0.1, 0.15) is 47.1 Å². The van der Waals surface area contributed by atoms with Crippen LogP contribution in [0.15, 0.2) is 17.0 Å². The van der Waals surface area contributed by atoms with E-state index in [1.807, 2.05) is 13.8 Å². The Hall–Kier alpha value is -2.39. The number of aryl methyl sites for hydroxylation is 1. The highest BCUT2D eigenvalue weighted by Gasteiger charge is 2.27. The van der Waals surface area contributed by atoms with Gasteiger partial charge in [-0.05, 0) is 39.8 Å². The summed E-state index contributed by atoms with van der Waals surface area (Å²) in [5.74, 6) is -0.555. The van der Waals surface area contributed by atoms with Gasteiger partial charge in [-0.2, -0.15) is 5.10 Å². The smallest absolute Gasteiger partial charge is 0.221 e. The molecular weight excluding hydrogens is 384 g/mol. The van der Waals surface area contributed by atoms with E-state index in [1.54, 1.807) is 13.8 Å². The number of benzene rings is 1. The van der Waals surface area contributed by atoms with E-state index in [0.29, 0.717) is 11.3 Å². The fourth-order valence-corrected chi connectivity index (χ4v) is 3.77. The van der Waals surface area contributed by atoms with E-state index >= 15 is 0 Å². The maximum Gasteiger partial charge on any atom is 0.221 e. The van der Waals surface area contributed by atoms with E-state index in [1.165, 1.54) is 23.9 Å². The molecule has 0 bridgehead atoms. The number of rotatable bonds is 8. The molecule has 9 heteroatoms. The average molecular weight is 410 g/mol. The fraction of sp³-hybridized carbons (Fsp3) is 0.474. The van der Waals surface area contributed by atoms with Crippen LogP contribution in [0.2, 0.25) is 0 Å². The number of ether oxygens (including phenoxy) is 2. The topological polar surface area (TPSA) is 108 Å². The van der Waals surface area contributed by atoms with E-state index in [2.05, 4.69) is 5.10 Å². The Morgan fingerprint density at radius 1 is 1.25 bits per heavy atom. The van der Waals surface area contributed by atoms with Gasteiger partial charge in [0.15, 0.2) is 9.84 Å². The van der Waals surface area contributed by atoms with Gasteiger partial charge in [0.2, 0.25) is 11.7 Å². The summed E-state index contributed by atoms with van der Waals surface area (Å²) in [5, 5.41) is 14.7. The van der Waals surface area contributed by atoms with Crippen LogP contribution in [-0.2, 0) is 14.6 Å². The van der Waals surface area contributed by atoms with Crippen molar-refractivity contribution in [1.82, 2.24) is 9.78 Å². The van der Waals surface area contributed by atoms with Crippen LogP contribution >= 0.6 is 0 Å². The first-order valence-corrected chi connectivity index (χ1v) is 10.7. The Kier molecular flexibility index (Phi) is 6.51. The van der Waals surface area contributed by atoms with Gasteiger partial charge < -0.3 is 14.6 Å². The second-order valence-corrected chi connectivity index (χ2v) is 8.81. The van der Waals surface area contributed by atoms with Crippen molar-refractivity contribution in [2.24, 2.45) is 0 Å². The molecule has 1 aromatic heterocycles. The third kappa shape index (κ3) is 4.20. The van der Waals surface area contributed by atoms with Crippen LogP contribution in [0.5, 0.6) is 11.6 Å². The molecule has 2 aromatic rings. The molecule has 0 unspecified atom stereocenters. The first-order chi connectivity index (χ1) is 13.0. The summed E-state index contributed by atoms with van der Waals surface area (Å²) >= 11 is 0. The minimum absolute atomic E-state index is 0.00327. The molecule has 154 valence electrons. The standard InChI is InChI=1S/C19H26N2O6S/c1-11(2)21-19(23)16(13(4)20-21)17(22)14-7-8-15(28(6,24)25)18(12(14)3)27-10-9-26-5/h7-8,11,23H,9-10H2,1-6H3. The number of sulfone groups is 1. The van der Waals surface area contributed by atoms with Gasteiger partial charge in [-0.1, -0.05) is 0 Å². The molecule has 0 spiro atoms. The van der Waals surface area contributed by atoms with Gasteiger partial charge in [-0.15, -0.1) is 0 Å². The highest BCUT2D eigenvalue weighted by atomic mass is 32.2. The monoisotopic (exact) mass is 410 g/mol. The SMILES string of the molecule is COCCOc1c(S(C)(=O)=O)ccc(C(=O)c2c(C)nn(C(C)C)c2O)c1C. The van der Waals surface area contributed by atoms with Crippen LogP contribution in [0.3, 0.4) is 0 Å². The predicted molar refractivity (Wildman–Crippen MR) is 104 cm³/mol. The van der Waals surface area contributed by atoms with E-state index in [0.717, 1.165) is 6.26 Å². The number of aromatic nitrogens is 2. The molecule has 0 aliphatic heterocycles. The molecule has 1 aromatic carbocycles. The molecule has 0 radical (unpaired) electrons. The fourth-order valence-electron chi connectivity index (χ4n) is 2.91. The second-order valence-electron chi connectivity index (χ2n) is 6.83. The lowest BCUT2D eigenvalue weighted by atomic mass is 9.98. The number of carbonyl (C=O) groups excluding carboxylic acids is 1. The molecule has 0 aliphatic carbocycles. The van der Waals surface area contributed by atoms with Crippen molar-refractivity contribution in [2.75, 3.05) is 26.6 Å². The Morgan fingerprint density at radius 2 is 1.89 bits per heavy atom. The molecule has 0 aliphatic rings. The molecule has 28 heavy (non-hydrogen) atoms. The summed E-state index contributed by atoms with van der Waals surface area (Å²) in [6.45, 7) is 7.34. The molecular formula is C19H26N2O6S. The van der Waals surface area contributed by atoms with Crippen LogP contribution < -0.4 is 4.74 Å². The molecule has 1 N–H and O–H groups in total. The first-order valence-electron chi connectivity index (χ1n) is 8.78. The van der Waals surface area contributed by atoms with E-state index in [-0.39, 0.29) is 46.9 Å². The van der Waals surface area contributed by atoms with Crippen LogP contribution in [0, 0.1) is 13.8 Å². The maximum absolute atomic E-state index is 13.1. The zero-order chi connectivity index (χ0) is 21.2. The van der Waals surface area contributed by atoms with Crippen molar-refractivity contribution in [2.45, 2.75) is 38.6 Å². The second kappa shape index (κ2) is 8.32. The number of hydrogen-bond donors (Lipinski definition) is 1. The Morgan fingerprint density at radius 3 is 2.39 bits per heavy atom. The van der Waals surface area contributed by atoms with Gasteiger partial charge >= 0.3 is 0 Å². The summed E-state index contributed by atoms with van der Waals surface area (Å²) in [4.78, 5) is 13.1. The van der Waals surface area contributed by atoms with Gasteiger partial charge in [0, 0.05) is 24.5 Å². The van der Waals surface area contributed by atoms with Crippen LogP contribution in [0.25, 0.3) is 0 Å². The summed E-state index contributed by atoms with van der Waals surface area (Å²) < 4.78 is 36.2. The van der Waals surface area contributed by atoms with E-state index in [4.69, 9.17) is 9.47 Å². The summed E-state index contributed by atoms with van der Waals surface area (Å²) in [7, 11) is -2.06. The van der Waals surface area contributed by atoms with Crippen molar-refractivity contribution in [1.29, 1.82) is 0 Å². The predicted octanol–water partition coefficient (Wildman–Crippen LogP) is 2.45. The normalized spacial score (nSPS) is 11.8. The van der Waals surface area contributed by atoms with Crippen molar-refractivity contribution < 1.29 is 27.8 Å². The van der Waals surface area contributed by atoms with E-state index < -0.39 is 15.6 Å². The minimum atomic E-state index is -3.57. The van der Waals surface area contributed by atoms with Gasteiger partial charge in [0.05, 0.1) is 18.3 Å². The molecule has 0 atom stereocenters. The van der Waals surface area contributed by atoms with Crippen LogP contribution in [0.4, 0.5) is 0 Å². The number of ketones is 1. The van der Waals surface area contributed by atoms with E-state index in [9.17, 15) is 18.3 Å². The lowest BCUT2D eigenvalue weighted by Crippen LogP contribution is -2.13. The molecule has 0 saturated carbocycles. The highest BCUT2D eigenvalue weighted by molar-refractivity contribution is 7.90. The number of aromatic hydroxyl groups is 1. The molecule has 1 heterocycles. The molecule has 0 amide bonds. The van der Waals surface area contributed by atoms with Crippen LogP contribution in [-0.4, -0.2) is 55.7 Å². The molecule has 0 fully saturated rings. The number of methoxy groups -OCH3 is 1. The summed E-state index contributed by atoms with van der Waals surface area (Å²) in [6, 6.07) is 2.65. The Labute approximate surface area is 165 Å². The average Bonchev–Trinajstić information content (AvgIpc) is 2.89. The van der Waals surface area contributed by atoms with Crippen molar-refractivity contribution in [3.63, 3.8) is 0 Å². The van der Waals surface area contributed by atoms with Gasteiger partial charge in [-0.3, -0.25) is 4.79 Å². The third-order valence-electron chi connectivity index (χ3n) is 4.32. The number of hydrogen-bond acceptors (Lipinski definition) is 7. The zero-order valence-electron chi connectivity index (χ0n) is 16.9. The minimum Gasteiger partial charge on any atom is -0.493 e. The quantitative estimate of drug-likeness (QED) is 0.526. The number of carbonyl (C=O) groups is 1. The van der Waals surface area contributed by atoms with Crippen molar-refractivity contribution >= 4 is 15.6 Å². The molecule has 8 nitrogen and oxygen atoms in total. The maximum atomic E-state index is 13.1. The molecule has 0 saturated heterocycles. The molecule has 2 rings (SSSR count). The lowest BCUT2D eigenvalue weighted by molar-refractivity contribution is 0.103. The zero-order valence-corrected chi connectivity index (χ0v) is 17.8. The Balaban J connectivity index is 2.61. The first kappa shape index (κ1) is 21.9. The number of nitrogens with zero attached hydrogens (tertiary/aromatic N) is 2. The summed E-state index contributed by atoms with van der Waals surface area (Å²) in [5.41, 5.74) is 1.10.